The van der Waals surface area contributed by atoms with Crippen LogP contribution in [0.15, 0.2) is 28.6 Å². The van der Waals surface area contributed by atoms with E-state index in [1.165, 1.54) is 18.4 Å². The van der Waals surface area contributed by atoms with Crippen LogP contribution < -0.4 is 4.74 Å². The number of benzene rings is 1. The highest BCUT2D eigenvalue weighted by molar-refractivity contribution is 8.19. The Balaban J connectivity index is 1.97. The van der Waals surface area contributed by atoms with E-state index in [4.69, 9.17) is 21.7 Å². The molecule has 2 aromatic rings. The second kappa shape index (κ2) is 6.35. The van der Waals surface area contributed by atoms with E-state index in [-0.39, 0.29) is 27.3 Å². The van der Waals surface area contributed by atoms with Crippen LogP contribution in [0.25, 0.3) is 6.08 Å². The van der Waals surface area contributed by atoms with Gasteiger partial charge in [-0.2, -0.15) is 0 Å². The van der Waals surface area contributed by atoms with Gasteiger partial charge in [0.25, 0.3) is 0 Å². The second-order valence-electron chi connectivity index (χ2n) is 4.70. The van der Waals surface area contributed by atoms with Crippen LogP contribution in [0.5, 0.6) is 11.5 Å². The number of phenols is 1. The van der Waals surface area contributed by atoms with E-state index in [0.29, 0.717) is 15.5 Å². The van der Waals surface area contributed by atoms with E-state index >= 15 is 0 Å². The number of ether oxygens (including phenoxy) is 1. The van der Waals surface area contributed by atoms with Gasteiger partial charge in [0.2, 0.25) is 0 Å². The molecule has 1 aromatic carbocycles. The zero-order valence-electron chi connectivity index (χ0n) is 11.9. The van der Waals surface area contributed by atoms with Crippen LogP contribution in [0.1, 0.15) is 16.5 Å². The minimum atomic E-state index is -0.624. The predicted octanol–water partition coefficient (Wildman–Crippen LogP) is 3.93. The number of carbonyl (C=O) groups excluding carboxylic acids is 1. The number of thioether (sulfide) groups is 1. The Kier molecular flexibility index (Phi) is 4.43. The third-order valence-corrected chi connectivity index (χ3v) is 5.38. The molecule has 1 fully saturated rings. The van der Waals surface area contributed by atoms with Crippen molar-refractivity contribution in [2.75, 3.05) is 7.11 Å². The number of carbonyl (C=O) groups is 1. The predicted molar refractivity (Wildman–Crippen MR) is 92.8 cm³/mol. The molecule has 0 bridgehead atoms. The second-order valence-corrected chi connectivity index (χ2v) is 7.11. The molecule has 0 aliphatic carbocycles. The highest BCUT2D eigenvalue weighted by Crippen LogP contribution is 2.42. The Morgan fingerprint density at radius 3 is 2.91 bits per heavy atom. The summed E-state index contributed by atoms with van der Waals surface area (Å²) in [6, 6.07) is 3.13. The summed E-state index contributed by atoms with van der Waals surface area (Å²) in [5.74, 6) is -0.694. The molecule has 1 aromatic heterocycles. The lowest BCUT2D eigenvalue weighted by Crippen LogP contribution is -2.11. The number of Topliss-reactive ketones (excluding diaryl/α,β-unsaturated/α-hetero) is 1. The minimum absolute atomic E-state index is 0.137. The van der Waals surface area contributed by atoms with Crippen molar-refractivity contribution in [3.63, 3.8) is 0 Å². The van der Waals surface area contributed by atoms with E-state index in [1.54, 1.807) is 29.8 Å². The maximum absolute atomic E-state index is 12.5. The van der Waals surface area contributed by atoms with Gasteiger partial charge in [-0.3, -0.25) is 10.2 Å². The smallest absolute Gasteiger partial charge is 0.186 e. The maximum atomic E-state index is 12.5. The average molecular weight is 367 g/mol. The minimum Gasteiger partial charge on any atom is -0.503 e. The topological polar surface area (TPSA) is 83.3 Å². The Labute approximate surface area is 145 Å². The van der Waals surface area contributed by atoms with Gasteiger partial charge in [-0.05, 0) is 23.8 Å². The van der Waals surface area contributed by atoms with Crippen LogP contribution in [0.4, 0.5) is 0 Å². The van der Waals surface area contributed by atoms with Crippen molar-refractivity contribution >= 4 is 51.6 Å². The first-order valence-electron chi connectivity index (χ1n) is 6.49. The lowest BCUT2D eigenvalue weighted by molar-refractivity contribution is -0.114. The van der Waals surface area contributed by atoms with E-state index in [9.17, 15) is 9.90 Å². The number of hydrogen-bond donors (Lipinski definition) is 2. The largest absolute Gasteiger partial charge is 0.503 e. The Morgan fingerprint density at radius 2 is 2.26 bits per heavy atom. The van der Waals surface area contributed by atoms with Crippen molar-refractivity contribution in [1.29, 1.82) is 5.41 Å². The zero-order chi connectivity index (χ0) is 16.6. The van der Waals surface area contributed by atoms with Gasteiger partial charge < -0.3 is 9.84 Å². The molecular formula is C15H11ClN2O3S2. The first-order valence-corrected chi connectivity index (χ1v) is 8.56. The third kappa shape index (κ3) is 2.99. The molecule has 2 N–H and O–H groups in total. The van der Waals surface area contributed by atoms with Crippen LogP contribution in [-0.4, -0.2) is 28.0 Å². The standard InChI is InChI=1S/C15H11ClN2O3S2/c1-21-9-5-7(4-8(16)12(9)19)6-10-13(20)11(14(17)23-10)15-18-2-3-22-15/h2-6,11,17,19H,1H3/b10-6-,17-14?/t11-/m1/s1. The van der Waals surface area contributed by atoms with Gasteiger partial charge in [-0.1, -0.05) is 23.4 Å². The van der Waals surface area contributed by atoms with Gasteiger partial charge in [0, 0.05) is 11.6 Å². The number of aromatic hydroxyl groups is 1. The van der Waals surface area contributed by atoms with Crippen molar-refractivity contribution in [2.45, 2.75) is 5.92 Å². The van der Waals surface area contributed by atoms with E-state index in [2.05, 4.69) is 4.98 Å². The van der Waals surface area contributed by atoms with Crippen LogP contribution in [-0.2, 0) is 4.79 Å². The lowest BCUT2D eigenvalue weighted by atomic mass is 10.0. The number of aromatic nitrogens is 1. The Morgan fingerprint density at radius 1 is 1.48 bits per heavy atom. The Hall–Kier alpha value is -1.83. The molecule has 0 spiro atoms. The number of halogens is 1. The monoisotopic (exact) mass is 366 g/mol. The number of methoxy groups -OCH3 is 1. The highest BCUT2D eigenvalue weighted by atomic mass is 35.5. The number of nitrogens with zero attached hydrogens (tertiary/aromatic N) is 1. The molecule has 0 amide bonds. The molecule has 1 atom stereocenters. The number of allylic oxidation sites excluding steroid dienone is 1. The number of thiazole rings is 1. The van der Waals surface area contributed by atoms with E-state index in [1.807, 2.05) is 0 Å². The first-order chi connectivity index (χ1) is 11.0. The van der Waals surface area contributed by atoms with Gasteiger partial charge >= 0.3 is 0 Å². The maximum Gasteiger partial charge on any atom is 0.186 e. The molecule has 5 nitrogen and oxygen atoms in total. The fraction of sp³-hybridized carbons (Fsp3) is 0.133. The van der Waals surface area contributed by atoms with Gasteiger partial charge in [0.1, 0.15) is 10.9 Å². The molecule has 0 unspecified atom stereocenters. The van der Waals surface area contributed by atoms with Crippen molar-refractivity contribution in [3.05, 3.63) is 44.2 Å². The Bertz CT molecular complexity index is 818. The molecular weight excluding hydrogens is 356 g/mol. The summed E-state index contributed by atoms with van der Waals surface area (Å²) in [7, 11) is 1.42. The van der Waals surface area contributed by atoms with Gasteiger partial charge in [-0.15, -0.1) is 11.3 Å². The molecule has 2 heterocycles. The lowest BCUT2D eigenvalue weighted by Gasteiger charge is -2.06. The molecule has 1 aliphatic heterocycles. The number of phenolic OH excluding ortho intramolecular Hbond substituents is 1. The molecule has 8 heteroatoms. The highest BCUT2D eigenvalue weighted by Gasteiger charge is 2.38. The summed E-state index contributed by atoms with van der Waals surface area (Å²) < 4.78 is 5.05. The molecule has 0 radical (unpaired) electrons. The SMILES string of the molecule is COc1cc(/C=C2\SC(=N)[C@H](c3nccs3)C2=O)cc(Cl)c1O. The summed E-state index contributed by atoms with van der Waals surface area (Å²) in [5, 5.41) is 20.6. The summed E-state index contributed by atoms with van der Waals surface area (Å²) in [6.45, 7) is 0. The fourth-order valence-electron chi connectivity index (χ4n) is 2.18. The van der Waals surface area contributed by atoms with Crippen molar-refractivity contribution < 1.29 is 14.6 Å². The van der Waals surface area contributed by atoms with Crippen molar-refractivity contribution in [2.24, 2.45) is 0 Å². The molecule has 3 rings (SSSR count). The summed E-state index contributed by atoms with van der Waals surface area (Å²) in [6.07, 6.45) is 3.26. The third-order valence-electron chi connectivity index (χ3n) is 3.25. The number of ketones is 1. The normalized spacial score (nSPS) is 19.6. The van der Waals surface area contributed by atoms with Gasteiger partial charge in [0.15, 0.2) is 17.3 Å². The van der Waals surface area contributed by atoms with Crippen molar-refractivity contribution in [3.8, 4) is 11.5 Å². The van der Waals surface area contributed by atoms with Gasteiger partial charge in [0.05, 0.1) is 22.1 Å². The van der Waals surface area contributed by atoms with Gasteiger partial charge in [-0.25, -0.2) is 4.98 Å². The first kappa shape index (κ1) is 16.0. The zero-order valence-corrected chi connectivity index (χ0v) is 14.3. The fourth-order valence-corrected chi connectivity index (χ4v) is 4.20. The number of rotatable bonds is 3. The summed E-state index contributed by atoms with van der Waals surface area (Å²) >= 11 is 8.43. The van der Waals surface area contributed by atoms with Crippen LogP contribution in [0, 0.1) is 5.41 Å². The van der Waals surface area contributed by atoms with Crippen LogP contribution in [0.2, 0.25) is 5.02 Å². The molecule has 118 valence electrons. The van der Waals surface area contributed by atoms with Crippen LogP contribution >= 0.6 is 34.7 Å². The summed E-state index contributed by atoms with van der Waals surface area (Å²) in [5.41, 5.74) is 0.619. The van der Waals surface area contributed by atoms with E-state index in [0.717, 1.165) is 11.8 Å². The van der Waals surface area contributed by atoms with Crippen molar-refractivity contribution in [1.82, 2.24) is 4.98 Å². The summed E-state index contributed by atoms with van der Waals surface area (Å²) in [4.78, 5) is 17.1. The number of hydrogen-bond acceptors (Lipinski definition) is 7. The quantitative estimate of drug-likeness (QED) is 0.804. The van der Waals surface area contributed by atoms with E-state index < -0.39 is 5.92 Å². The van der Waals surface area contributed by atoms with Crippen LogP contribution in [0.3, 0.4) is 0 Å². The molecule has 1 saturated heterocycles. The molecule has 23 heavy (non-hydrogen) atoms. The average Bonchev–Trinajstić information content (AvgIpc) is 3.12. The molecule has 1 aliphatic rings. The number of nitrogens with one attached hydrogen (secondary N) is 1. The molecule has 0 saturated carbocycles.